The van der Waals surface area contributed by atoms with Crippen LogP contribution < -0.4 is 5.73 Å². The average molecular weight is 329 g/mol. The largest absolute Gasteiger partial charge is 0.326 e. The molecule has 0 fully saturated rings. The number of nitrogens with two attached hydrogens (primary N) is 1. The number of nitrogens with zero attached hydrogens (tertiary/aromatic N) is 2. The Morgan fingerprint density at radius 3 is 1.48 bits per heavy atom. The molecule has 3 nitrogen and oxygen atoms in total. The molecular formula is C20H46N3+. The maximum atomic E-state index is 6.05. The fourth-order valence-corrected chi connectivity index (χ4v) is 4.04. The summed E-state index contributed by atoms with van der Waals surface area (Å²) in [6, 6.07) is 2.70. The van der Waals surface area contributed by atoms with Crippen molar-refractivity contribution < 1.29 is 4.48 Å². The van der Waals surface area contributed by atoms with Crippen molar-refractivity contribution in [3.63, 3.8) is 0 Å². The highest BCUT2D eigenvalue weighted by atomic mass is 15.4. The average Bonchev–Trinajstić information content (AvgIpc) is 2.58. The van der Waals surface area contributed by atoms with Crippen LogP contribution in [0.2, 0.25) is 0 Å². The van der Waals surface area contributed by atoms with Crippen LogP contribution in [0.1, 0.15) is 81.1 Å². The van der Waals surface area contributed by atoms with Gasteiger partial charge in [-0.3, -0.25) is 4.90 Å². The highest BCUT2D eigenvalue weighted by molar-refractivity contribution is 4.73. The van der Waals surface area contributed by atoms with Crippen LogP contribution in [-0.2, 0) is 0 Å². The van der Waals surface area contributed by atoms with Crippen LogP contribution in [0.25, 0.3) is 0 Å². The number of quaternary nitrogens is 1. The molecule has 0 aliphatic heterocycles. The van der Waals surface area contributed by atoms with E-state index in [-0.39, 0.29) is 0 Å². The summed E-state index contributed by atoms with van der Waals surface area (Å²) in [5.74, 6) is 0. The molecule has 0 spiro atoms. The summed E-state index contributed by atoms with van der Waals surface area (Å²) in [4.78, 5) is 2.73. The molecule has 0 radical (unpaired) electrons. The summed E-state index contributed by atoms with van der Waals surface area (Å²) in [5.41, 5.74) is 6.05. The zero-order chi connectivity index (χ0) is 18.0. The third kappa shape index (κ3) is 6.03. The molecule has 0 saturated carbocycles. The molecule has 0 aromatic rings. The Morgan fingerprint density at radius 2 is 1.17 bits per heavy atom. The second-order valence-corrected chi connectivity index (χ2v) is 7.61. The minimum absolute atomic E-state index is 0.665. The summed E-state index contributed by atoms with van der Waals surface area (Å²) < 4.78 is 1.19. The van der Waals surface area contributed by atoms with Crippen LogP contribution >= 0.6 is 0 Å². The standard InChI is InChI=1S/C20H46N3/c1-9-17(5)22(18(6)10-2)14-16-23(15-13-21,19(7)11-3)20(8)12-4/h17-20H,9-16,21H2,1-8H3/q+1. The van der Waals surface area contributed by atoms with Crippen molar-refractivity contribution >= 4 is 0 Å². The Kier molecular flexibility index (Phi) is 11.4. The smallest absolute Gasteiger partial charge is 0.0920 e. The lowest BCUT2D eigenvalue weighted by Gasteiger charge is -2.49. The number of hydrogen-bond acceptors (Lipinski definition) is 2. The van der Waals surface area contributed by atoms with Crippen molar-refractivity contribution in [1.29, 1.82) is 0 Å². The topological polar surface area (TPSA) is 29.3 Å². The van der Waals surface area contributed by atoms with E-state index >= 15 is 0 Å². The van der Waals surface area contributed by atoms with Gasteiger partial charge >= 0.3 is 0 Å². The van der Waals surface area contributed by atoms with Crippen molar-refractivity contribution in [2.75, 3.05) is 26.2 Å². The summed E-state index contributed by atoms with van der Waals surface area (Å²) in [7, 11) is 0. The number of hydrogen-bond donors (Lipinski definition) is 1. The van der Waals surface area contributed by atoms with Gasteiger partial charge in [0.25, 0.3) is 0 Å². The van der Waals surface area contributed by atoms with E-state index in [4.69, 9.17) is 5.73 Å². The van der Waals surface area contributed by atoms with Crippen LogP contribution in [0, 0.1) is 0 Å². The van der Waals surface area contributed by atoms with Gasteiger partial charge in [0.05, 0.1) is 25.2 Å². The fourth-order valence-electron chi connectivity index (χ4n) is 4.04. The van der Waals surface area contributed by atoms with Gasteiger partial charge in [-0.05, 0) is 53.4 Å². The van der Waals surface area contributed by atoms with Crippen LogP contribution in [0.5, 0.6) is 0 Å². The minimum atomic E-state index is 0.665. The van der Waals surface area contributed by atoms with Crippen LogP contribution in [0.3, 0.4) is 0 Å². The Balaban J connectivity index is 5.33. The SMILES string of the molecule is CCC(C)N(CC[N+](CCN)(C(C)CC)C(C)CC)C(C)CC. The molecule has 0 aliphatic rings. The first-order valence-corrected chi connectivity index (χ1v) is 10.2. The maximum Gasteiger partial charge on any atom is 0.0920 e. The van der Waals surface area contributed by atoms with Crippen molar-refractivity contribution in [1.82, 2.24) is 4.90 Å². The Bertz CT molecular complexity index is 273. The van der Waals surface area contributed by atoms with Crippen molar-refractivity contribution in [3.8, 4) is 0 Å². The van der Waals surface area contributed by atoms with Crippen molar-refractivity contribution in [2.45, 2.75) is 105 Å². The first kappa shape index (κ1) is 22.9. The summed E-state index contributed by atoms with van der Waals surface area (Å²) in [6.07, 6.45) is 4.93. The monoisotopic (exact) mass is 328 g/mol. The van der Waals surface area contributed by atoms with Gasteiger partial charge < -0.3 is 10.2 Å². The van der Waals surface area contributed by atoms with Gasteiger partial charge in [-0.25, -0.2) is 0 Å². The van der Waals surface area contributed by atoms with E-state index in [0.717, 1.165) is 13.1 Å². The molecule has 3 heteroatoms. The van der Waals surface area contributed by atoms with E-state index in [1.807, 2.05) is 0 Å². The maximum absolute atomic E-state index is 6.05. The first-order valence-electron chi connectivity index (χ1n) is 10.2. The van der Waals surface area contributed by atoms with E-state index in [0.29, 0.717) is 24.2 Å². The van der Waals surface area contributed by atoms with Gasteiger partial charge in [-0.15, -0.1) is 0 Å². The van der Waals surface area contributed by atoms with Crippen LogP contribution in [-0.4, -0.2) is 59.7 Å². The first-order chi connectivity index (χ1) is 10.8. The molecule has 0 aromatic carbocycles. The molecule has 0 aliphatic carbocycles. The minimum Gasteiger partial charge on any atom is -0.326 e. The van der Waals surface area contributed by atoms with Crippen LogP contribution in [0.4, 0.5) is 0 Å². The molecule has 0 bridgehead atoms. The zero-order valence-corrected chi connectivity index (χ0v) is 17.4. The van der Waals surface area contributed by atoms with Crippen LogP contribution in [0.15, 0.2) is 0 Å². The van der Waals surface area contributed by atoms with Gasteiger partial charge in [0.15, 0.2) is 0 Å². The third-order valence-corrected chi connectivity index (χ3v) is 6.57. The van der Waals surface area contributed by atoms with Crippen molar-refractivity contribution in [3.05, 3.63) is 0 Å². The summed E-state index contributed by atoms with van der Waals surface area (Å²) in [6.45, 7) is 23.2. The Labute approximate surface area is 147 Å². The Hall–Kier alpha value is -0.120. The molecule has 140 valence electrons. The molecule has 2 N–H and O–H groups in total. The van der Waals surface area contributed by atoms with E-state index in [9.17, 15) is 0 Å². The lowest BCUT2D eigenvalue weighted by Crippen LogP contribution is -2.64. The van der Waals surface area contributed by atoms with E-state index in [1.54, 1.807) is 0 Å². The molecule has 23 heavy (non-hydrogen) atoms. The second-order valence-electron chi connectivity index (χ2n) is 7.61. The quantitative estimate of drug-likeness (QED) is 0.512. The van der Waals surface area contributed by atoms with Gasteiger partial charge in [0, 0.05) is 25.2 Å². The molecule has 0 rings (SSSR count). The van der Waals surface area contributed by atoms with Gasteiger partial charge in [0.1, 0.15) is 0 Å². The summed E-state index contributed by atoms with van der Waals surface area (Å²) >= 11 is 0. The second kappa shape index (κ2) is 11.4. The van der Waals surface area contributed by atoms with Gasteiger partial charge in [0.2, 0.25) is 0 Å². The Morgan fingerprint density at radius 1 is 0.739 bits per heavy atom. The number of rotatable bonds is 13. The van der Waals surface area contributed by atoms with E-state index in [1.165, 1.54) is 43.3 Å². The lowest BCUT2D eigenvalue weighted by molar-refractivity contribution is -0.968. The predicted molar refractivity (Wildman–Crippen MR) is 105 cm³/mol. The fraction of sp³-hybridized carbons (Fsp3) is 1.00. The molecule has 0 amide bonds. The lowest BCUT2D eigenvalue weighted by atomic mass is 10.0. The van der Waals surface area contributed by atoms with E-state index in [2.05, 4.69) is 60.3 Å². The third-order valence-electron chi connectivity index (χ3n) is 6.57. The van der Waals surface area contributed by atoms with Gasteiger partial charge in [-0.2, -0.15) is 0 Å². The molecule has 0 saturated heterocycles. The molecule has 0 heterocycles. The molecule has 4 atom stereocenters. The zero-order valence-electron chi connectivity index (χ0n) is 17.4. The molecular weight excluding hydrogens is 282 g/mol. The van der Waals surface area contributed by atoms with Gasteiger partial charge in [-0.1, -0.05) is 27.7 Å². The normalized spacial score (nSPS) is 20.1. The predicted octanol–water partition coefficient (Wildman–Crippen LogP) is 4.26. The highest BCUT2D eigenvalue weighted by Gasteiger charge is 2.37. The summed E-state index contributed by atoms with van der Waals surface area (Å²) in [5, 5.41) is 0. The molecule has 0 aromatic heterocycles. The highest BCUT2D eigenvalue weighted by Crippen LogP contribution is 2.24. The van der Waals surface area contributed by atoms with Crippen molar-refractivity contribution in [2.24, 2.45) is 5.73 Å². The molecule has 4 unspecified atom stereocenters. The van der Waals surface area contributed by atoms with E-state index < -0.39 is 0 Å².